The SMILES string of the molecule is NC(N)=O.O=c1[nH]c2ccccc2c(F)c1F.c1conn1. The van der Waals surface area contributed by atoms with E-state index in [0.717, 1.165) is 0 Å². The third-order valence-electron chi connectivity index (χ3n) is 2.09. The van der Waals surface area contributed by atoms with Crippen molar-refractivity contribution in [3.8, 4) is 0 Å². The fourth-order valence-electron chi connectivity index (χ4n) is 1.31. The Balaban J connectivity index is 0.000000222. The molecule has 0 aliphatic carbocycles. The van der Waals surface area contributed by atoms with Gasteiger partial charge in [0, 0.05) is 10.7 Å². The molecule has 0 saturated heterocycles. The number of amides is 2. The van der Waals surface area contributed by atoms with Gasteiger partial charge in [-0.3, -0.25) is 4.79 Å². The zero-order valence-electron chi connectivity index (χ0n) is 11.0. The normalized spacial score (nSPS) is 9.18. The molecule has 0 unspecified atom stereocenters. The average Bonchev–Trinajstić information content (AvgIpc) is 3.04. The highest BCUT2D eigenvalue weighted by molar-refractivity contribution is 5.78. The van der Waals surface area contributed by atoms with Gasteiger partial charge in [-0.15, -0.1) is 5.10 Å². The third-order valence-corrected chi connectivity index (χ3v) is 2.09. The van der Waals surface area contributed by atoms with E-state index in [4.69, 9.17) is 4.79 Å². The number of H-pyrrole nitrogens is 1. The van der Waals surface area contributed by atoms with Gasteiger partial charge >= 0.3 is 6.03 Å². The van der Waals surface area contributed by atoms with Crippen LogP contribution in [0.15, 0.2) is 46.0 Å². The monoisotopic (exact) mass is 311 g/mol. The Hall–Kier alpha value is -3.30. The first-order valence-electron chi connectivity index (χ1n) is 5.65. The molecule has 2 amide bonds. The Labute approximate surface area is 121 Å². The first kappa shape index (κ1) is 16.8. The van der Waals surface area contributed by atoms with Crippen LogP contribution in [0.1, 0.15) is 0 Å². The van der Waals surface area contributed by atoms with Gasteiger partial charge in [-0.2, -0.15) is 4.39 Å². The second kappa shape index (κ2) is 8.09. The zero-order chi connectivity index (χ0) is 16.5. The fraction of sp³-hybridized carbons (Fsp3) is 0. The summed E-state index contributed by atoms with van der Waals surface area (Å²) in [6.45, 7) is 0. The highest BCUT2D eigenvalue weighted by Crippen LogP contribution is 2.14. The van der Waals surface area contributed by atoms with Gasteiger partial charge in [0.1, 0.15) is 6.26 Å². The maximum Gasteiger partial charge on any atom is 0.309 e. The van der Waals surface area contributed by atoms with Crippen LogP contribution in [0.5, 0.6) is 0 Å². The average molecular weight is 311 g/mol. The number of primary amides is 2. The molecular formula is C12H11F2N5O3. The molecule has 5 N–H and O–H groups in total. The number of carbonyl (C=O) groups is 1. The largest absolute Gasteiger partial charge is 0.352 e. The van der Waals surface area contributed by atoms with Crippen LogP contribution >= 0.6 is 0 Å². The number of fused-ring (bicyclic) bond motifs is 1. The van der Waals surface area contributed by atoms with Crippen LogP contribution in [0.3, 0.4) is 0 Å². The Morgan fingerprint density at radius 2 is 1.82 bits per heavy atom. The van der Waals surface area contributed by atoms with Gasteiger partial charge in [0.15, 0.2) is 5.82 Å². The number of urea groups is 1. The number of hydrogen-bond acceptors (Lipinski definition) is 5. The lowest BCUT2D eigenvalue weighted by Gasteiger charge is -1.98. The molecule has 1 aromatic carbocycles. The van der Waals surface area contributed by atoms with Crippen LogP contribution < -0.4 is 17.0 Å². The second-order valence-corrected chi connectivity index (χ2v) is 3.62. The number of aromatic nitrogens is 3. The van der Waals surface area contributed by atoms with Crippen molar-refractivity contribution in [3.05, 3.63) is 58.7 Å². The van der Waals surface area contributed by atoms with Crippen molar-refractivity contribution in [3.63, 3.8) is 0 Å². The maximum absolute atomic E-state index is 13.1. The van der Waals surface area contributed by atoms with Crippen molar-refractivity contribution in [2.24, 2.45) is 11.5 Å². The van der Waals surface area contributed by atoms with Crippen LogP contribution in [0, 0.1) is 11.6 Å². The first-order valence-corrected chi connectivity index (χ1v) is 5.65. The van der Waals surface area contributed by atoms with E-state index < -0.39 is 23.2 Å². The minimum absolute atomic E-state index is 0.0830. The molecule has 3 aromatic rings. The number of rotatable bonds is 0. The number of nitrogens with two attached hydrogens (primary N) is 2. The van der Waals surface area contributed by atoms with Crippen molar-refractivity contribution in [1.29, 1.82) is 0 Å². The number of pyridine rings is 1. The van der Waals surface area contributed by atoms with E-state index in [1.807, 2.05) is 0 Å². The summed E-state index contributed by atoms with van der Waals surface area (Å²) >= 11 is 0. The third kappa shape index (κ3) is 5.00. The van der Waals surface area contributed by atoms with Crippen LogP contribution in [-0.4, -0.2) is 21.4 Å². The van der Waals surface area contributed by atoms with Crippen LogP contribution in [0.4, 0.5) is 13.6 Å². The van der Waals surface area contributed by atoms with Crippen LogP contribution in [0.25, 0.3) is 10.9 Å². The first-order chi connectivity index (χ1) is 10.4. The summed E-state index contributed by atoms with van der Waals surface area (Å²) in [6.07, 6.45) is 2.88. The molecule has 0 bridgehead atoms. The number of nitrogens with one attached hydrogen (secondary N) is 1. The lowest BCUT2D eigenvalue weighted by Crippen LogP contribution is -2.18. The standard InChI is InChI=1S/C9H5F2NO.C2H2N2O.CH4N2O/c10-7-5-3-1-2-4-6(5)12-9(13)8(7)11;1-2-5-4-3-1;2-1(3)4/h1-4H,(H,12,13);1-2H;(H4,2,3,4). The Morgan fingerprint density at radius 3 is 2.32 bits per heavy atom. The van der Waals surface area contributed by atoms with Gasteiger partial charge in [-0.05, 0) is 12.1 Å². The van der Waals surface area contributed by atoms with E-state index in [2.05, 4.69) is 31.3 Å². The van der Waals surface area contributed by atoms with Gasteiger partial charge in [-0.1, -0.05) is 12.1 Å². The summed E-state index contributed by atoms with van der Waals surface area (Å²) in [7, 11) is 0. The molecule has 0 fully saturated rings. The van der Waals surface area contributed by atoms with Crippen molar-refractivity contribution in [1.82, 2.24) is 15.4 Å². The van der Waals surface area contributed by atoms with Crippen molar-refractivity contribution < 1.29 is 18.1 Å². The van der Waals surface area contributed by atoms with Crippen molar-refractivity contribution in [2.75, 3.05) is 0 Å². The van der Waals surface area contributed by atoms with Gasteiger partial charge in [-0.25, -0.2) is 9.18 Å². The van der Waals surface area contributed by atoms with Gasteiger partial charge < -0.3 is 21.0 Å². The summed E-state index contributed by atoms with van der Waals surface area (Å²) in [5, 5.41) is 6.49. The number of nitrogens with zero attached hydrogens (tertiary/aromatic N) is 2. The second-order valence-electron chi connectivity index (χ2n) is 3.62. The highest BCUT2D eigenvalue weighted by Gasteiger charge is 2.10. The minimum atomic E-state index is -1.36. The zero-order valence-corrected chi connectivity index (χ0v) is 11.0. The summed E-state index contributed by atoms with van der Waals surface area (Å²) in [6, 6.07) is 5.29. The number of benzene rings is 1. The minimum Gasteiger partial charge on any atom is -0.352 e. The quantitative estimate of drug-likeness (QED) is 0.565. The molecule has 8 nitrogen and oxygen atoms in total. The molecule has 0 saturated carbocycles. The van der Waals surface area contributed by atoms with Crippen molar-refractivity contribution >= 4 is 16.9 Å². The maximum atomic E-state index is 13.1. The molecule has 0 spiro atoms. The highest BCUT2D eigenvalue weighted by atomic mass is 19.2. The van der Waals surface area contributed by atoms with E-state index in [0.29, 0.717) is 5.52 Å². The number of para-hydroxylation sites is 1. The van der Waals surface area contributed by atoms with E-state index in [1.165, 1.54) is 24.6 Å². The van der Waals surface area contributed by atoms with Gasteiger partial charge in [0.05, 0.1) is 11.7 Å². The van der Waals surface area contributed by atoms with Crippen molar-refractivity contribution in [2.45, 2.75) is 0 Å². The molecule has 0 radical (unpaired) electrons. The summed E-state index contributed by atoms with van der Waals surface area (Å²) in [5.41, 5.74) is 7.77. The van der Waals surface area contributed by atoms with Gasteiger partial charge in [0.2, 0.25) is 5.82 Å². The van der Waals surface area contributed by atoms with Crippen LogP contribution in [-0.2, 0) is 0 Å². The Bertz CT molecular complexity index is 768. The predicted molar refractivity (Wildman–Crippen MR) is 72.6 cm³/mol. The number of halogens is 2. The molecule has 2 heterocycles. The van der Waals surface area contributed by atoms with E-state index in [-0.39, 0.29) is 5.39 Å². The Morgan fingerprint density at radius 1 is 1.18 bits per heavy atom. The molecule has 116 valence electrons. The fourth-order valence-corrected chi connectivity index (χ4v) is 1.31. The van der Waals surface area contributed by atoms with E-state index in [1.54, 1.807) is 12.1 Å². The summed E-state index contributed by atoms with van der Waals surface area (Å²) in [5.74, 6) is -2.46. The van der Waals surface area contributed by atoms with Crippen LogP contribution in [0.2, 0.25) is 0 Å². The number of carbonyl (C=O) groups excluding carboxylic acids is 1. The molecular weight excluding hydrogens is 300 g/mol. The molecule has 0 aliphatic rings. The molecule has 2 aromatic heterocycles. The Kier molecular flexibility index (Phi) is 6.16. The molecule has 3 rings (SSSR count). The number of hydrogen-bond donors (Lipinski definition) is 3. The molecule has 0 aliphatic heterocycles. The van der Waals surface area contributed by atoms with E-state index >= 15 is 0 Å². The smallest absolute Gasteiger partial charge is 0.309 e. The molecule has 22 heavy (non-hydrogen) atoms. The number of aromatic amines is 1. The molecule has 0 atom stereocenters. The lowest BCUT2D eigenvalue weighted by molar-refractivity contribution is 0.256. The summed E-state index contributed by atoms with van der Waals surface area (Å²) in [4.78, 5) is 22.0. The lowest BCUT2D eigenvalue weighted by atomic mass is 10.2. The topological polar surface area (TPSA) is 141 Å². The predicted octanol–water partition coefficient (Wildman–Crippen LogP) is 0.900. The van der Waals surface area contributed by atoms with E-state index in [9.17, 15) is 13.6 Å². The molecule has 10 heteroatoms. The summed E-state index contributed by atoms with van der Waals surface area (Å²) < 4.78 is 30.0. The van der Waals surface area contributed by atoms with Gasteiger partial charge in [0.25, 0.3) is 5.56 Å².